The van der Waals surface area contributed by atoms with Crippen molar-refractivity contribution < 1.29 is 19.1 Å². The summed E-state index contributed by atoms with van der Waals surface area (Å²) < 4.78 is 10.4. The smallest absolute Gasteiger partial charge is 0.347 e. The van der Waals surface area contributed by atoms with Crippen molar-refractivity contribution in [2.75, 3.05) is 13.2 Å². The van der Waals surface area contributed by atoms with E-state index in [1.165, 1.54) is 0 Å². The Morgan fingerprint density at radius 2 is 1.76 bits per heavy atom. The van der Waals surface area contributed by atoms with Crippen LogP contribution in [0.25, 0.3) is 0 Å². The Balaban J connectivity index is 1.66. The monoisotopic (exact) mass is 361 g/mol. The predicted molar refractivity (Wildman–Crippen MR) is 95.7 cm³/mol. The van der Waals surface area contributed by atoms with E-state index in [2.05, 4.69) is 5.32 Å². The maximum Gasteiger partial charge on any atom is 0.347 e. The summed E-state index contributed by atoms with van der Waals surface area (Å²) in [6.45, 7) is 1.71. The van der Waals surface area contributed by atoms with Crippen LogP contribution in [0.15, 0.2) is 54.6 Å². The van der Waals surface area contributed by atoms with Crippen LogP contribution in [-0.2, 0) is 20.7 Å². The zero-order valence-corrected chi connectivity index (χ0v) is 14.7. The van der Waals surface area contributed by atoms with Gasteiger partial charge in [-0.05, 0) is 43.2 Å². The van der Waals surface area contributed by atoms with E-state index in [4.69, 9.17) is 21.1 Å². The molecular formula is C19H20ClNO4. The maximum atomic E-state index is 11.9. The van der Waals surface area contributed by atoms with E-state index in [1.807, 2.05) is 30.3 Å². The van der Waals surface area contributed by atoms with Gasteiger partial charge in [0.2, 0.25) is 0 Å². The maximum absolute atomic E-state index is 11.9. The largest absolute Gasteiger partial charge is 0.479 e. The molecule has 1 N–H and O–H groups in total. The molecule has 0 spiro atoms. The highest BCUT2D eigenvalue weighted by Gasteiger charge is 2.17. The van der Waals surface area contributed by atoms with Crippen molar-refractivity contribution in [2.45, 2.75) is 19.4 Å². The van der Waals surface area contributed by atoms with Crippen LogP contribution in [0.1, 0.15) is 12.5 Å². The van der Waals surface area contributed by atoms with Crippen LogP contribution in [0, 0.1) is 0 Å². The summed E-state index contributed by atoms with van der Waals surface area (Å²) in [5, 5.41) is 3.29. The molecule has 0 aliphatic carbocycles. The summed E-state index contributed by atoms with van der Waals surface area (Å²) in [5.74, 6) is -0.447. The Morgan fingerprint density at radius 1 is 1.08 bits per heavy atom. The predicted octanol–water partition coefficient (Wildman–Crippen LogP) is 3.01. The molecule has 2 aromatic rings. The highest BCUT2D eigenvalue weighted by molar-refractivity contribution is 6.30. The van der Waals surface area contributed by atoms with Gasteiger partial charge >= 0.3 is 5.97 Å². The molecule has 2 aromatic carbocycles. The number of hydrogen-bond donors (Lipinski definition) is 1. The Morgan fingerprint density at radius 3 is 2.44 bits per heavy atom. The van der Waals surface area contributed by atoms with Gasteiger partial charge in [0.1, 0.15) is 5.75 Å². The molecule has 0 aliphatic rings. The Hall–Kier alpha value is -2.53. The summed E-state index contributed by atoms with van der Waals surface area (Å²) in [4.78, 5) is 23.6. The van der Waals surface area contributed by atoms with Crippen molar-refractivity contribution in [3.05, 3.63) is 65.2 Å². The Bertz CT molecular complexity index is 688. The van der Waals surface area contributed by atoms with E-state index in [1.54, 1.807) is 31.2 Å². The lowest BCUT2D eigenvalue weighted by Crippen LogP contribution is -2.33. The topological polar surface area (TPSA) is 64.6 Å². The molecule has 2 rings (SSSR count). The van der Waals surface area contributed by atoms with Gasteiger partial charge in [0, 0.05) is 11.6 Å². The van der Waals surface area contributed by atoms with E-state index in [0.717, 1.165) is 12.0 Å². The Kier molecular flexibility index (Phi) is 7.29. The first-order valence-electron chi connectivity index (χ1n) is 7.94. The van der Waals surface area contributed by atoms with Gasteiger partial charge in [0.15, 0.2) is 12.7 Å². The second-order valence-corrected chi connectivity index (χ2v) is 5.84. The van der Waals surface area contributed by atoms with E-state index in [9.17, 15) is 9.59 Å². The molecule has 132 valence electrons. The number of nitrogens with one attached hydrogen (secondary N) is 1. The number of hydrogen-bond acceptors (Lipinski definition) is 4. The fourth-order valence-electron chi connectivity index (χ4n) is 2.06. The molecule has 0 bridgehead atoms. The van der Waals surface area contributed by atoms with Crippen molar-refractivity contribution in [2.24, 2.45) is 0 Å². The van der Waals surface area contributed by atoms with Crippen LogP contribution < -0.4 is 10.1 Å². The molecule has 0 heterocycles. The van der Waals surface area contributed by atoms with Gasteiger partial charge in [0.05, 0.1) is 0 Å². The third-order valence-corrected chi connectivity index (χ3v) is 3.63. The van der Waals surface area contributed by atoms with Crippen LogP contribution in [0.3, 0.4) is 0 Å². The standard InChI is InChI=1S/C19H20ClNO4/c1-14(25-17-9-7-16(20)8-10-17)19(23)24-13-18(22)21-12-11-15-5-3-2-4-6-15/h2-10,14H,11-13H2,1H3,(H,21,22)/t14-/m1/s1. The lowest BCUT2D eigenvalue weighted by molar-refractivity contribution is -0.154. The normalized spacial score (nSPS) is 11.4. The fraction of sp³-hybridized carbons (Fsp3) is 0.263. The van der Waals surface area contributed by atoms with Crippen LogP contribution >= 0.6 is 11.6 Å². The second-order valence-electron chi connectivity index (χ2n) is 5.41. The molecule has 0 fully saturated rings. The molecule has 1 atom stereocenters. The average molecular weight is 362 g/mol. The Labute approximate surface area is 151 Å². The molecule has 0 saturated heterocycles. The van der Waals surface area contributed by atoms with E-state index in [0.29, 0.717) is 17.3 Å². The summed E-state index contributed by atoms with van der Waals surface area (Å²) in [7, 11) is 0. The fourth-order valence-corrected chi connectivity index (χ4v) is 2.19. The molecule has 6 heteroatoms. The molecule has 0 unspecified atom stereocenters. The van der Waals surface area contributed by atoms with Crippen molar-refractivity contribution in [1.82, 2.24) is 5.32 Å². The molecule has 0 saturated carbocycles. The van der Waals surface area contributed by atoms with Crippen LogP contribution in [0.5, 0.6) is 5.75 Å². The number of ether oxygens (including phenoxy) is 2. The van der Waals surface area contributed by atoms with Gasteiger partial charge in [-0.2, -0.15) is 0 Å². The minimum atomic E-state index is -0.821. The van der Waals surface area contributed by atoms with Crippen LogP contribution in [-0.4, -0.2) is 31.1 Å². The van der Waals surface area contributed by atoms with Gasteiger partial charge < -0.3 is 14.8 Å². The van der Waals surface area contributed by atoms with Gasteiger partial charge in [-0.15, -0.1) is 0 Å². The zero-order valence-electron chi connectivity index (χ0n) is 13.9. The highest BCUT2D eigenvalue weighted by Crippen LogP contribution is 2.17. The lowest BCUT2D eigenvalue weighted by Gasteiger charge is -2.14. The first-order valence-corrected chi connectivity index (χ1v) is 8.32. The molecule has 5 nitrogen and oxygen atoms in total. The molecule has 25 heavy (non-hydrogen) atoms. The minimum Gasteiger partial charge on any atom is -0.479 e. The molecule has 0 aliphatic heterocycles. The lowest BCUT2D eigenvalue weighted by atomic mass is 10.1. The molecule has 1 amide bonds. The number of benzene rings is 2. The molecular weight excluding hydrogens is 342 g/mol. The first kappa shape index (κ1) is 18.8. The molecule has 0 aromatic heterocycles. The summed E-state index contributed by atoms with van der Waals surface area (Å²) >= 11 is 5.78. The SMILES string of the molecule is C[C@@H](Oc1ccc(Cl)cc1)C(=O)OCC(=O)NCCc1ccccc1. The first-order chi connectivity index (χ1) is 12.0. The third-order valence-electron chi connectivity index (χ3n) is 3.38. The third kappa shape index (κ3) is 6.85. The second kappa shape index (κ2) is 9.69. The van der Waals surface area contributed by atoms with Crippen molar-refractivity contribution in [1.29, 1.82) is 0 Å². The number of esters is 1. The number of rotatable bonds is 8. The van der Waals surface area contributed by atoms with Crippen molar-refractivity contribution >= 4 is 23.5 Å². The van der Waals surface area contributed by atoms with Gasteiger partial charge in [-0.25, -0.2) is 4.79 Å². The number of carbonyl (C=O) groups excluding carboxylic acids is 2. The summed E-state index contributed by atoms with van der Waals surface area (Å²) in [5.41, 5.74) is 1.13. The van der Waals surface area contributed by atoms with Gasteiger partial charge in [-0.1, -0.05) is 41.9 Å². The van der Waals surface area contributed by atoms with Gasteiger partial charge in [-0.3, -0.25) is 4.79 Å². The van der Waals surface area contributed by atoms with Crippen LogP contribution in [0.2, 0.25) is 5.02 Å². The number of carbonyl (C=O) groups is 2. The summed E-state index contributed by atoms with van der Waals surface area (Å²) in [6, 6.07) is 16.4. The van der Waals surface area contributed by atoms with Crippen molar-refractivity contribution in [3.8, 4) is 5.75 Å². The van der Waals surface area contributed by atoms with E-state index >= 15 is 0 Å². The van der Waals surface area contributed by atoms with E-state index < -0.39 is 12.1 Å². The van der Waals surface area contributed by atoms with E-state index in [-0.39, 0.29) is 12.5 Å². The molecule has 0 radical (unpaired) electrons. The average Bonchev–Trinajstić information content (AvgIpc) is 2.62. The summed E-state index contributed by atoms with van der Waals surface area (Å²) in [6.07, 6.45) is -0.102. The van der Waals surface area contributed by atoms with Crippen molar-refractivity contribution in [3.63, 3.8) is 0 Å². The quantitative estimate of drug-likeness (QED) is 0.734. The highest BCUT2D eigenvalue weighted by atomic mass is 35.5. The minimum absolute atomic E-state index is 0.331. The van der Waals surface area contributed by atoms with Gasteiger partial charge in [0.25, 0.3) is 5.91 Å². The van der Waals surface area contributed by atoms with Crippen LogP contribution in [0.4, 0.5) is 0 Å². The zero-order chi connectivity index (χ0) is 18.1. The number of amides is 1. The number of halogens is 1.